The normalized spacial score (nSPS) is 54.9. The number of carbonyl (C=O) groups is 1. The number of aliphatic carboxylic acids is 1. The number of carboxylic acid groups (broad SMARTS) is 1. The van der Waals surface area contributed by atoms with E-state index in [-0.39, 0.29) is 17.6 Å². The third-order valence-electron chi connectivity index (χ3n) is 5.52. The van der Waals surface area contributed by atoms with Crippen molar-refractivity contribution < 1.29 is 15.0 Å². The number of fused-ring (bicyclic) bond motifs is 9. The lowest BCUT2D eigenvalue weighted by Crippen LogP contribution is -2.42. The van der Waals surface area contributed by atoms with Crippen molar-refractivity contribution in [3.63, 3.8) is 0 Å². The second kappa shape index (κ2) is 3.35. The van der Waals surface area contributed by atoms with E-state index in [1.165, 1.54) is 0 Å². The maximum Gasteiger partial charge on any atom is 0.307 e. The highest BCUT2D eigenvalue weighted by atomic mass is 32.2. The molecule has 8 unspecified atom stereocenters. The van der Waals surface area contributed by atoms with Gasteiger partial charge in [0.15, 0.2) is 0 Å². The Morgan fingerprint density at radius 3 is 2.17 bits per heavy atom. The fourth-order valence-corrected chi connectivity index (χ4v) is 7.00. The third-order valence-corrected chi connectivity index (χ3v) is 7.09. The van der Waals surface area contributed by atoms with Gasteiger partial charge < -0.3 is 10.2 Å². The molecule has 8 atom stereocenters. The molecule has 4 heteroatoms. The van der Waals surface area contributed by atoms with Gasteiger partial charge in [-0.3, -0.25) is 4.79 Å². The Morgan fingerprint density at radius 1 is 1.11 bits per heavy atom. The zero-order valence-corrected chi connectivity index (χ0v) is 10.7. The second-order valence-corrected chi connectivity index (χ2v) is 7.41. The molecule has 2 heterocycles. The Kier molecular flexibility index (Phi) is 2.04. The van der Waals surface area contributed by atoms with Crippen LogP contribution < -0.4 is 0 Å². The predicted octanol–water partition coefficient (Wildman–Crippen LogP) is 2.31. The van der Waals surface area contributed by atoms with Crippen LogP contribution in [0, 0.1) is 35.5 Å². The van der Waals surface area contributed by atoms with E-state index in [1.807, 2.05) is 11.8 Å². The van der Waals surface area contributed by atoms with Crippen LogP contribution in [0.5, 0.6) is 0 Å². The number of thioether (sulfide) groups is 1. The summed E-state index contributed by atoms with van der Waals surface area (Å²) in [4.78, 5) is 11.5. The number of hydrogen-bond donors (Lipinski definition) is 2. The molecule has 0 aromatic heterocycles. The molecule has 0 radical (unpaired) electrons. The number of aliphatic hydroxyl groups excluding tert-OH is 1. The molecular formula is C14H16O3S. The molecule has 96 valence electrons. The van der Waals surface area contributed by atoms with Gasteiger partial charge in [-0.25, -0.2) is 0 Å². The van der Waals surface area contributed by atoms with E-state index in [0.717, 1.165) is 6.42 Å². The van der Waals surface area contributed by atoms with Gasteiger partial charge in [-0.15, -0.1) is 11.8 Å². The first-order valence-corrected chi connectivity index (χ1v) is 7.48. The number of allylic oxidation sites excluding steroid dienone is 1. The molecule has 1 saturated heterocycles. The molecule has 18 heavy (non-hydrogen) atoms. The van der Waals surface area contributed by atoms with Crippen molar-refractivity contribution in [1.82, 2.24) is 0 Å². The highest BCUT2D eigenvalue weighted by Gasteiger charge is 2.67. The summed E-state index contributed by atoms with van der Waals surface area (Å²) in [5, 5.41) is 20.3. The quantitative estimate of drug-likeness (QED) is 0.593. The second-order valence-electron chi connectivity index (χ2n) is 6.05. The predicted molar refractivity (Wildman–Crippen MR) is 69.3 cm³/mol. The van der Waals surface area contributed by atoms with Crippen LogP contribution in [0.4, 0.5) is 0 Å². The molecule has 3 nitrogen and oxygen atoms in total. The van der Waals surface area contributed by atoms with Crippen LogP contribution >= 0.6 is 11.8 Å². The monoisotopic (exact) mass is 264 g/mol. The summed E-state index contributed by atoms with van der Waals surface area (Å²) in [6, 6.07) is 0. The minimum Gasteiger partial charge on any atom is -0.513 e. The van der Waals surface area contributed by atoms with Gasteiger partial charge in [0.05, 0.1) is 11.7 Å². The SMILES string of the molecule is C=C(O)C1C2CC(C1C(=O)O)C1C3C=CC(S3)C21. The highest BCUT2D eigenvalue weighted by Crippen LogP contribution is 2.69. The average Bonchev–Trinajstić information content (AvgIpc) is 3.04. The highest BCUT2D eigenvalue weighted by molar-refractivity contribution is 8.01. The first-order chi connectivity index (χ1) is 8.59. The van der Waals surface area contributed by atoms with Crippen LogP contribution in [0.25, 0.3) is 0 Å². The maximum atomic E-state index is 11.5. The number of hydrogen-bond acceptors (Lipinski definition) is 3. The Morgan fingerprint density at radius 2 is 1.67 bits per heavy atom. The van der Waals surface area contributed by atoms with E-state index in [1.54, 1.807) is 0 Å². The van der Waals surface area contributed by atoms with Crippen LogP contribution in [0.1, 0.15) is 6.42 Å². The molecule has 2 N–H and O–H groups in total. The van der Waals surface area contributed by atoms with Crippen molar-refractivity contribution in [2.24, 2.45) is 35.5 Å². The number of carboxylic acids is 1. The lowest BCUT2D eigenvalue weighted by atomic mass is 9.64. The topological polar surface area (TPSA) is 57.5 Å². The first kappa shape index (κ1) is 11.0. The smallest absolute Gasteiger partial charge is 0.307 e. The van der Waals surface area contributed by atoms with Gasteiger partial charge in [-0.1, -0.05) is 18.7 Å². The van der Waals surface area contributed by atoms with Crippen molar-refractivity contribution in [3.8, 4) is 0 Å². The van der Waals surface area contributed by atoms with Gasteiger partial charge in [-0.05, 0) is 30.1 Å². The molecule has 0 aromatic rings. The first-order valence-electron chi connectivity index (χ1n) is 6.54. The Labute approximate surface area is 110 Å². The van der Waals surface area contributed by atoms with Crippen molar-refractivity contribution in [2.45, 2.75) is 16.9 Å². The third kappa shape index (κ3) is 1.11. The minimum absolute atomic E-state index is 0.0881. The van der Waals surface area contributed by atoms with Gasteiger partial charge in [0.25, 0.3) is 0 Å². The zero-order valence-electron chi connectivity index (χ0n) is 9.90. The van der Waals surface area contributed by atoms with Crippen LogP contribution in [0.2, 0.25) is 0 Å². The molecule has 3 fully saturated rings. The van der Waals surface area contributed by atoms with Gasteiger partial charge >= 0.3 is 5.97 Å². The molecule has 2 aliphatic heterocycles. The van der Waals surface area contributed by atoms with Crippen molar-refractivity contribution in [1.29, 1.82) is 0 Å². The Bertz CT molecular complexity index is 432. The van der Waals surface area contributed by atoms with Gasteiger partial charge in [0, 0.05) is 16.4 Å². The molecule has 2 aliphatic carbocycles. The lowest BCUT2D eigenvalue weighted by molar-refractivity contribution is -0.147. The summed E-state index contributed by atoms with van der Waals surface area (Å²) < 4.78 is 0. The van der Waals surface area contributed by atoms with Crippen molar-refractivity contribution >= 4 is 17.7 Å². The fraction of sp³-hybridized carbons (Fsp3) is 0.643. The fourth-order valence-electron chi connectivity index (χ4n) is 5.15. The maximum absolute atomic E-state index is 11.5. The summed E-state index contributed by atoms with van der Waals surface area (Å²) in [6.07, 6.45) is 5.51. The number of rotatable bonds is 2. The average molecular weight is 264 g/mol. The number of aliphatic hydroxyl groups is 1. The lowest BCUT2D eigenvalue weighted by Gasteiger charge is -2.38. The Hall–Kier alpha value is -0.900. The standard InChI is InChI=1S/C14H16O3S/c1-5(15)10-6-4-7(13(10)14(16)17)12-9-3-2-8(18-9)11(6)12/h2-3,6-13,15H,1,4H2,(H,16,17). The molecule has 0 amide bonds. The van der Waals surface area contributed by atoms with Gasteiger partial charge in [-0.2, -0.15) is 0 Å². The van der Waals surface area contributed by atoms with Crippen LogP contribution in [-0.4, -0.2) is 26.7 Å². The van der Waals surface area contributed by atoms with Crippen molar-refractivity contribution in [2.75, 3.05) is 0 Å². The van der Waals surface area contributed by atoms with Crippen LogP contribution in [0.3, 0.4) is 0 Å². The molecule has 4 rings (SSSR count). The summed E-state index contributed by atoms with van der Waals surface area (Å²) >= 11 is 1.98. The molecule has 2 saturated carbocycles. The van der Waals surface area contributed by atoms with Crippen LogP contribution in [-0.2, 0) is 4.79 Å². The van der Waals surface area contributed by atoms with E-state index in [2.05, 4.69) is 18.7 Å². The van der Waals surface area contributed by atoms with E-state index in [4.69, 9.17) is 0 Å². The molecule has 4 bridgehead atoms. The van der Waals surface area contributed by atoms with Crippen LogP contribution in [0.15, 0.2) is 24.5 Å². The van der Waals surface area contributed by atoms with E-state index >= 15 is 0 Å². The van der Waals surface area contributed by atoms with Gasteiger partial charge in [0.2, 0.25) is 0 Å². The van der Waals surface area contributed by atoms with E-state index in [9.17, 15) is 15.0 Å². The van der Waals surface area contributed by atoms with E-state index in [0.29, 0.717) is 28.3 Å². The molecule has 0 spiro atoms. The van der Waals surface area contributed by atoms with Gasteiger partial charge in [0.1, 0.15) is 0 Å². The summed E-state index contributed by atoms with van der Waals surface area (Å²) in [5.74, 6) is 0.350. The zero-order chi connectivity index (χ0) is 12.6. The minimum atomic E-state index is -0.752. The summed E-state index contributed by atoms with van der Waals surface area (Å²) in [5.41, 5.74) is 0. The summed E-state index contributed by atoms with van der Waals surface area (Å²) in [6.45, 7) is 3.63. The molecule has 0 aromatic carbocycles. The Balaban J connectivity index is 1.76. The molecular weight excluding hydrogens is 248 g/mol. The largest absolute Gasteiger partial charge is 0.513 e. The van der Waals surface area contributed by atoms with E-state index < -0.39 is 11.9 Å². The summed E-state index contributed by atoms with van der Waals surface area (Å²) in [7, 11) is 0. The molecule has 4 aliphatic rings. The van der Waals surface area contributed by atoms with Crippen molar-refractivity contribution in [3.05, 3.63) is 24.5 Å².